The fraction of sp³-hybridized carbons (Fsp3) is 0.333. The normalized spacial score (nSPS) is 19.4. The molecule has 1 atom stereocenters. The zero-order valence-corrected chi connectivity index (χ0v) is 17.0. The average molecular weight is 404 g/mol. The van der Waals surface area contributed by atoms with Crippen LogP contribution in [0.5, 0.6) is 0 Å². The van der Waals surface area contributed by atoms with Crippen LogP contribution in [0.1, 0.15) is 33.3 Å². The van der Waals surface area contributed by atoms with Gasteiger partial charge in [-0.25, -0.2) is 0 Å². The van der Waals surface area contributed by atoms with E-state index in [0.29, 0.717) is 36.3 Å². The van der Waals surface area contributed by atoms with Gasteiger partial charge in [0.25, 0.3) is 5.91 Å². The molecule has 0 spiro atoms. The van der Waals surface area contributed by atoms with Crippen LogP contribution in [-0.4, -0.2) is 55.1 Å². The lowest BCUT2D eigenvalue weighted by Crippen LogP contribution is -2.42. The van der Waals surface area contributed by atoms with Crippen molar-refractivity contribution in [2.75, 3.05) is 39.4 Å². The Kier molecular flexibility index (Phi) is 4.89. The molecule has 6 heteroatoms. The highest BCUT2D eigenvalue weighted by Crippen LogP contribution is 2.37. The van der Waals surface area contributed by atoms with Gasteiger partial charge in [0.15, 0.2) is 5.43 Å². The van der Waals surface area contributed by atoms with E-state index in [9.17, 15) is 9.59 Å². The van der Waals surface area contributed by atoms with Crippen LogP contribution in [0, 0.1) is 6.92 Å². The predicted octanol–water partition coefficient (Wildman–Crippen LogP) is 2.98. The minimum Gasteiger partial charge on any atom is -0.450 e. The SMILES string of the molecule is Cc1ccc2oc3c(c(=O)c2c1)[C@H](c1ccccc1)N(CCN1CCOCC1)C3=O. The molecule has 1 amide bonds. The molecule has 6 nitrogen and oxygen atoms in total. The molecule has 0 saturated carbocycles. The molecule has 0 bridgehead atoms. The molecular formula is C24H24N2O4. The first-order valence-corrected chi connectivity index (χ1v) is 10.4. The third kappa shape index (κ3) is 3.22. The van der Waals surface area contributed by atoms with Gasteiger partial charge >= 0.3 is 0 Å². The molecule has 30 heavy (non-hydrogen) atoms. The van der Waals surface area contributed by atoms with Crippen molar-refractivity contribution < 1.29 is 13.9 Å². The van der Waals surface area contributed by atoms with Crippen LogP contribution < -0.4 is 5.43 Å². The predicted molar refractivity (Wildman–Crippen MR) is 114 cm³/mol. The fourth-order valence-electron chi connectivity index (χ4n) is 4.42. The lowest BCUT2D eigenvalue weighted by atomic mass is 9.98. The molecule has 0 radical (unpaired) electrons. The number of amides is 1. The first-order valence-electron chi connectivity index (χ1n) is 10.4. The van der Waals surface area contributed by atoms with Gasteiger partial charge in [-0.2, -0.15) is 0 Å². The van der Waals surface area contributed by atoms with E-state index in [4.69, 9.17) is 9.15 Å². The number of carbonyl (C=O) groups is 1. The first kappa shape index (κ1) is 19.0. The maximum atomic E-state index is 13.5. The van der Waals surface area contributed by atoms with Crippen molar-refractivity contribution in [3.8, 4) is 0 Å². The number of hydrogen-bond donors (Lipinski definition) is 0. The van der Waals surface area contributed by atoms with Gasteiger partial charge in [-0.15, -0.1) is 0 Å². The van der Waals surface area contributed by atoms with Crippen molar-refractivity contribution in [2.24, 2.45) is 0 Å². The van der Waals surface area contributed by atoms with E-state index >= 15 is 0 Å². The van der Waals surface area contributed by atoms with Gasteiger partial charge in [0.05, 0.1) is 30.2 Å². The molecule has 154 valence electrons. The molecule has 1 fully saturated rings. The number of hydrogen-bond acceptors (Lipinski definition) is 5. The number of ether oxygens (including phenoxy) is 1. The van der Waals surface area contributed by atoms with Gasteiger partial charge in [0, 0.05) is 26.2 Å². The van der Waals surface area contributed by atoms with E-state index in [-0.39, 0.29) is 17.1 Å². The number of carbonyl (C=O) groups excluding carboxylic acids is 1. The number of nitrogens with zero attached hydrogens (tertiary/aromatic N) is 2. The Balaban J connectivity index is 1.60. The number of fused-ring (bicyclic) bond motifs is 2. The smallest absolute Gasteiger partial charge is 0.290 e. The van der Waals surface area contributed by atoms with E-state index < -0.39 is 6.04 Å². The van der Waals surface area contributed by atoms with Crippen molar-refractivity contribution >= 4 is 16.9 Å². The maximum Gasteiger partial charge on any atom is 0.290 e. The van der Waals surface area contributed by atoms with Crippen LogP contribution in [0.4, 0.5) is 0 Å². The highest BCUT2D eigenvalue weighted by Gasteiger charge is 2.42. The summed E-state index contributed by atoms with van der Waals surface area (Å²) in [5.41, 5.74) is 2.70. The van der Waals surface area contributed by atoms with Crippen LogP contribution in [0.15, 0.2) is 57.7 Å². The lowest BCUT2D eigenvalue weighted by Gasteiger charge is -2.31. The molecule has 0 unspecified atom stereocenters. The van der Waals surface area contributed by atoms with Crippen LogP contribution in [0.2, 0.25) is 0 Å². The van der Waals surface area contributed by atoms with Gasteiger partial charge in [-0.1, -0.05) is 42.0 Å². The second-order valence-electron chi connectivity index (χ2n) is 7.94. The highest BCUT2D eigenvalue weighted by atomic mass is 16.5. The third-order valence-electron chi connectivity index (χ3n) is 6.00. The van der Waals surface area contributed by atoms with Gasteiger partial charge < -0.3 is 14.1 Å². The highest BCUT2D eigenvalue weighted by molar-refractivity contribution is 5.99. The van der Waals surface area contributed by atoms with Crippen LogP contribution in [0.25, 0.3) is 11.0 Å². The van der Waals surface area contributed by atoms with Crippen LogP contribution in [0.3, 0.4) is 0 Å². The Bertz CT molecular complexity index is 1150. The quantitative estimate of drug-likeness (QED) is 0.669. The van der Waals surface area contributed by atoms with Crippen molar-refractivity contribution in [2.45, 2.75) is 13.0 Å². The van der Waals surface area contributed by atoms with Gasteiger partial charge in [-0.05, 0) is 24.6 Å². The van der Waals surface area contributed by atoms with Gasteiger partial charge in [0.1, 0.15) is 5.58 Å². The molecule has 3 heterocycles. The molecule has 3 aromatic rings. The molecule has 2 aliphatic heterocycles. The molecule has 0 N–H and O–H groups in total. The summed E-state index contributed by atoms with van der Waals surface area (Å²) in [4.78, 5) is 30.9. The summed E-state index contributed by atoms with van der Waals surface area (Å²) in [7, 11) is 0. The van der Waals surface area contributed by atoms with Crippen molar-refractivity contribution in [1.29, 1.82) is 0 Å². The Morgan fingerprint density at radius 3 is 2.53 bits per heavy atom. The number of rotatable bonds is 4. The monoisotopic (exact) mass is 404 g/mol. The molecule has 2 aliphatic rings. The van der Waals surface area contributed by atoms with Crippen LogP contribution in [-0.2, 0) is 4.74 Å². The molecule has 2 aromatic carbocycles. The molecule has 1 saturated heterocycles. The van der Waals surface area contributed by atoms with Gasteiger partial charge in [0.2, 0.25) is 5.76 Å². The number of benzene rings is 2. The summed E-state index contributed by atoms with van der Waals surface area (Å²) in [5, 5.41) is 0.525. The summed E-state index contributed by atoms with van der Waals surface area (Å²) in [5.74, 6) is -0.0427. The van der Waals surface area contributed by atoms with Crippen molar-refractivity contribution in [1.82, 2.24) is 9.80 Å². The largest absolute Gasteiger partial charge is 0.450 e. The summed E-state index contributed by atoms with van der Waals surface area (Å²) >= 11 is 0. The maximum absolute atomic E-state index is 13.5. The minimum absolute atomic E-state index is 0.119. The van der Waals surface area contributed by atoms with Crippen molar-refractivity contribution in [3.05, 3.63) is 81.2 Å². The Morgan fingerprint density at radius 1 is 1.00 bits per heavy atom. The minimum atomic E-state index is -0.434. The van der Waals surface area contributed by atoms with Crippen LogP contribution >= 0.6 is 0 Å². The molecule has 0 aliphatic carbocycles. The second kappa shape index (κ2) is 7.70. The standard InChI is InChI=1S/C24H24N2O4/c1-16-7-8-19-18(15-16)22(27)20-21(17-5-3-2-4-6-17)26(24(28)23(20)30-19)10-9-25-11-13-29-14-12-25/h2-8,15,21H,9-14H2,1H3/t21-/m0/s1. The van der Waals surface area contributed by atoms with E-state index in [1.54, 1.807) is 11.0 Å². The fourth-order valence-corrected chi connectivity index (χ4v) is 4.42. The number of aryl methyl sites for hydroxylation is 1. The van der Waals surface area contributed by atoms with Gasteiger partial charge in [-0.3, -0.25) is 14.5 Å². The zero-order chi connectivity index (χ0) is 20.7. The zero-order valence-electron chi connectivity index (χ0n) is 17.0. The first-order chi connectivity index (χ1) is 14.6. The van der Waals surface area contributed by atoms with E-state index in [1.165, 1.54) is 0 Å². The van der Waals surface area contributed by atoms with E-state index in [1.807, 2.05) is 49.4 Å². The third-order valence-corrected chi connectivity index (χ3v) is 6.00. The Hall–Kier alpha value is -2.96. The summed E-state index contributed by atoms with van der Waals surface area (Å²) in [6, 6.07) is 14.8. The second-order valence-corrected chi connectivity index (χ2v) is 7.94. The average Bonchev–Trinajstić information content (AvgIpc) is 3.06. The summed E-state index contributed by atoms with van der Waals surface area (Å²) in [6.07, 6.45) is 0. The topological polar surface area (TPSA) is 63.0 Å². The molecule has 5 rings (SSSR count). The van der Waals surface area contributed by atoms with E-state index in [2.05, 4.69) is 4.90 Å². The summed E-state index contributed by atoms with van der Waals surface area (Å²) in [6.45, 7) is 6.33. The number of morpholine rings is 1. The van der Waals surface area contributed by atoms with E-state index in [0.717, 1.165) is 30.8 Å². The summed E-state index contributed by atoms with van der Waals surface area (Å²) < 4.78 is 11.4. The van der Waals surface area contributed by atoms with Crippen molar-refractivity contribution in [3.63, 3.8) is 0 Å². The molecular weight excluding hydrogens is 380 g/mol. The Labute approximate surface area is 174 Å². The molecule has 1 aromatic heterocycles. The Morgan fingerprint density at radius 2 is 1.77 bits per heavy atom. The lowest BCUT2D eigenvalue weighted by molar-refractivity contribution is 0.0314.